The van der Waals surface area contributed by atoms with Crippen LogP contribution in [0.4, 0.5) is 4.39 Å². The third-order valence-electron chi connectivity index (χ3n) is 4.75. The Morgan fingerprint density at radius 3 is 2.62 bits per heavy atom. The lowest BCUT2D eigenvalue weighted by molar-refractivity contribution is -0.127. The smallest absolute Gasteiger partial charge is 0.243 e. The molecule has 0 aliphatic heterocycles. The fourth-order valence-corrected chi connectivity index (χ4v) is 2.57. The molecule has 5 nitrogen and oxygen atoms in total. The van der Waals surface area contributed by atoms with Gasteiger partial charge in [0.05, 0.1) is 0 Å². The number of guanidine groups is 1. The van der Waals surface area contributed by atoms with Gasteiger partial charge in [-0.15, -0.1) is 24.0 Å². The van der Waals surface area contributed by atoms with Gasteiger partial charge in [0.25, 0.3) is 0 Å². The van der Waals surface area contributed by atoms with Crippen molar-refractivity contribution in [2.24, 2.45) is 4.99 Å². The van der Waals surface area contributed by atoms with Crippen LogP contribution in [0.15, 0.2) is 29.3 Å². The number of carbonyl (C=O) groups is 1. The minimum Gasteiger partial charge on any atom is -0.355 e. The summed E-state index contributed by atoms with van der Waals surface area (Å²) in [5.41, 5.74) is 0.984. The van der Waals surface area contributed by atoms with Gasteiger partial charge in [-0.2, -0.15) is 0 Å². The normalized spacial score (nSPS) is 16.3. The Labute approximate surface area is 172 Å². The molecule has 1 aliphatic carbocycles. The average molecular weight is 476 g/mol. The van der Waals surface area contributed by atoms with Gasteiger partial charge in [0, 0.05) is 32.1 Å². The molecule has 0 radical (unpaired) electrons. The summed E-state index contributed by atoms with van der Waals surface area (Å²) in [6.45, 7) is 4.94. The Morgan fingerprint density at radius 1 is 1.38 bits per heavy atom. The Balaban J connectivity index is 0.00000338. The van der Waals surface area contributed by atoms with E-state index >= 15 is 0 Å². The van der Waals surface area contributed by atoms with Crippen molar-refractivity contribution >= 4 is 35.8 Å². The van der Waals surface area contributed by atoms with Crippen molar-refractivity contribution in [3.63, 3.8) is 0 Å². The number of aliphatic imine (C=N–C) groups is 1. The molecule has 2 rings (SSSR count). The number of benzene rings is 1. The second-order valence-corrected chi connectivity index (χ2v) is 7.05. The number of hydrogen-bond donors (Lipinski definition) is 2. The first-order chi connectivity index (χ1) is 11.9. The van der Waals surface area contributed by atoms with Crippen LogP contribution in [0.5, 0.6) is 0 Å². The standard InChI is InChI=1S/C19H29FN4O.HI/c1-5-14(2)23-18(21-12-17(25)24(3)4)22-13-19(9-10-19)15-7-6-8-16(20)11-15;/h6-8,11,14H,5,9-10,12-13H2,1-4H3,(H2,21,22,23);1H. The van der Waals surface area contributed by atoms with E-state index in [-0.39, 0.29) is 53.7 Å². The molecule has 0 saturated heterocycles. The summed E-state index contributed by atoms with van der Waals surface area (Å²) in [6, 6.07) is 7.07. The Hall–Kier alpha value is -1.38. The van der Waals surface area contributed by atoms with Crippen LogP contribution in [0.1, 0.15) is 38.7 Å². The maximum atomic E-state index is 13.5. The topological polar surface area (TPSA) is 56.7 Å². The largest absolute Gasteiger partial charge is 0.355 e. The van der Waals surface area contributed by atoms with E-state index in [2.05, 4.69) is 29.5 Å². The lowest BCUT2D eigenvalue weighted by atomic mass is 9.96. The molecular formula is C19H30FIN4O. The highest BCUT2D eigenvalue weighted by Gasteiger charge is 2.44. The van der Waals surface area contributed by atoms with E-state index < -0.39 is 0 Å². The molecule has 0 aromatic heterocycles. The molecule has 0 bridgehead atoms. The summed E-state index contributed by atoms with van der Waals surface area (Å²) in [5.74, 6) is 0.385. The van der Waals surface area contributed by atoms with Crippen LogP contribution in [0.2, 0.25) is 0 Å². The first kappa shape index (κ1) is 22.7. The van der Waals surface area contributed by atoms with Gasteiger partial charge in [0.2, 0.25) is 5.91 Å². The molecule has 0 spiro atoms. The molecule has 1 saturated carbocycles. The first-order valence-electron chi connectivity index (χ1n) is 8.87. The minimum atomic E-state index is -0.202. The number of nitrogens with one attached hydrogen (secondary N) is 2. The summed E-state index contributed by atoms with van der Waals surface area (Å²) in [6.07, 6.45) is 3.00. The lowest BCUT2D eigenvalue weighted by Crippen LogP contribution is -2.45. The molecule has 1 atom stereocenters. The number of likely N-dealkylation sites (N-methyl/N-ethyl adjacent to an activating group) is 1. The molecule has 1 aromatic carbocycles. The van der Waals surface area contributed by atoms with Gasteiger partial charge in [-0.3, -0.25) is 4.79 Å². The fraction of sp³-hybridized carbons (Fsp3) is 0.579. The third kappa shape index (κ3) is 6.41. The second kappa shape index (κ2) is 10.1. The zero-order valence-electron chi connectivity index (χ0n) is 16.0. The van der Waals surface area contributed by atoms with Gasteiger partial charge in [0.15, 0.2) is 5.96 Å². The van der Waals surface area contributed by atoms with Crippen LogP contribution in [-0.4, -0.2) is 50.0 Å². The quantitative estimate of drug-likeness (QED) is 0.362. The van der Waals surface area contributed by atoms with Crippen molar-refractivity contribution in [3.8, 4) is 0 Å². The minimum absolute atomic E-state index is 0. The van der Waals surface area contributed by atoms with Gasteiger partial charge in [-0.05, 0) is 43.9 Å². The van der Waals surface area contributed by atoms with E-state index in [1.165, 1.54) is 11.0 Å². The van der Waals surface area contributed by atoms with E-state index in [0.29, 0.717) is 12.5 Å². The Bertz CT molecular complexity index is 632. The van der Waals surface area contributed by atoms with Crippen molar-refractivity contribution in [2.75, 3.05) is 27.2 Å². The lowest BCUT2D eigenvalue weighted by Gasteiger charge is -2.21. The van der Waals surface area contributed by atoms with Gasteiger partial charge in [0.1, 0.15) is 12.4 Å². The summed E-state index contributed by atoms with van der Waals surface area (Å²) in [7, 11) is 3.44. The molecule has 7 heteroatoms. The highest BCUT2D eigenvalue weighted by Crippen LogP contribution is 2.47. The van der Waals surface area contributed by atoms with Crippen LogP contribution in [-0.2, 0) is 10.2 Å². The van der Waals surface area contributed by atoms with E-state index in [1.54, 1.807) is 26.2 Å². The van der Waals surface area contributed by atoms with E-state index in [0.717, 1.165) is 24.8 Å². The van der Waals surface area contributed by atoms with Crippen molar-refractivity contribution in [2.45, 2.75) is 44.6 Å². The number of nitrogens with zero attached hydrogens (tertiary/aromatic N) is 2. The predicted octanol–water partition coefficient (Wildman–Crippen LogP) is 2.90. The molecule has 0 heterocycles. The SMILES string of the molecule is CCC(C)NC(=NCC(=O)N(C)C)NCC1(c2cccc(F)c2)CC1.I. The molecule has 1 amide bonds. The van der Waals surface area contributed by atoms with Crippen LogP contribution >= 0.6 is 24.0 Å². The first-order valence-corrected chi connectivity index (χ1v) is 8.87. The molecule has 1 unspecified atom stereocenters. The Kier molecular flexibility index (Phi) is 8.79. The molecule has 146 valence electrons. The molecule has 26 heavy (non-hydrogen) atoms. The zero-order valence-corrected chi connectivity index (χ0v) is 18.3. The van der Waals surface area contributed by atoms with Gasteiger partial charge >= 0.3 is 0 Å². The van der Waals surface area contributed by atoms with Gasteiger partial charge in [-0.25, -0.2) is 9.38 Å². The maximum Gasteiger partial charge on any atom is 0.243 e. The van der Waals surface area contributed by atoms with Crippen LogP contribution in [0.3, 0.4) is 0 Å². The number of amides is 1. The fourth-order valence-electron chi connectivity index (χ4n) is 2.57. The van der Waals surface area contributed by atoms with E-state index in [4.69, 9.17) is 0 Å². The average Bonchev–Trinajstić information content (AvgIpc) is 3.37. The highest BCUT2D eigenvalue weighted by atomic mass is 127. The van der Waals surface area contributed by atoms with Crippen LogP contribution < -0.4 is 10.6 Å². The predicted molar refractivity (Wildman–Crippen MR) is 115 cm³/mol. The van der Waals surface area contributed by atoms with Gasteiger partial charge in [-0.1, -0.05) is 19.1 Å². The summed E-state index contributed by atoms with van der Waals surface area (Å²) >= 11 is 0. The Morgan fingerprint density at radius 2 is 2.08 bits per heavy atom. The summed E-state index contributed by atoms with van der Waals surface area (Å²) < 4.78 is 13.5. The monoisotopic (exact) mass is 476 g/mol. The number of hydrogen-bond acceptors (Lipinski definition) is 2. The van der Waals surface area contributed by atoms with E-state index in [1.807, 2.05) is 6.07 Å². The second-order valence-electron chi connectivity index (χ2n) is 7.05. The molecular weight excluding hydrogens is 446 g/mol. The zero-order chi connectivity index (χ0) is 18.4. The van der Waals surface area contributed by atoms with Crippen molar-refractivity contribution in [1.82, 2.24) is 15.5 Å². The number of carbonyl (C=O) groups excluding carboxylic acids is 1. The van der Waals surface area contributed by atoms with Crippen molar-refractivity contribution in [1.29, 1.82) is 0 Å². The van der Waals surface area contributed by atoms with E-state index in [9.17, 15) is 9.18 Å². The molecule has 2 N–H and O–H groups in total. The number of halogens is 2. The summed E-state index contributed by atoms with van der Waals surface area (Å²) in [4.78, 5) is 17.7. The maximum absolute atomic E-state index is 13.5. The third-order valence-corrected chi connectivity index (χ3v) is 4.75. The van der Waals surface area contributed by atoms with Crippen LogP contribution in [0.25, 0.3) is 0 Å². The van der Waals surface area contributed by atoms with Gasteiger partial charge < -0.3 is 15.5 Å². The summed E-state index contributed by atoms with van der Waals surface area (Å²) in [5, 5.41) is 6.66. The van der Waals surface area contributed by atoms with Crippen molar-refractivity contribution in [3.05, 3.63) is 35.6 Å². The number of rotatable bonds is 7. The highest BCUT2D eigenvalue weighted by molar-refractivity contribution is 14.0. The van der Waals surface area contributed by atoms with Crippen LogP contribution in [0, 0.1) is 5.82 Å². The molecule has 1 aliphatic rings. The van der Waals surface area contributed by atoms with Crippen molar-refractivity contribution < 1.29 is 9.18 Å². The molecule has 1 aromatic rings. The molecule has 1 fully saturated rings.